The third-order valence-corrected chi connectivity index (χ3v) is 14.8. The minimum absolute atomic E-state index is 0.0955. The van der Waals surface area contributed by atoms with Gasteiger partial charge in [0, 0.05) is 13.1 Å². The number of nitrogens with one attached hydrogen (secondary N) is 8. The molecule has 3 aliphatic heterocycles. The number of hydrogen-bond acceptors (Lipinski definition) is 12. The van der Waals surface area contributed by atoms with Crippen LogP contribution >= 0.6 is 0 Å². The van der Waals surface area contributed by atoms with E-state index >= 15 is 0 Å². The van der Waals surface area contributed by atoms with E-state index < -0.39 is 119 Å². The Morgan fingerprint density at radius 3 is 0.825 bits per heavy atom. The molecule has 22 heteroatoms. The molecule has 22 nitrogen and oxygen atoms in total. The van der Waals surface area contributed by atoms with Crippen molar-refractivity contribution in [3.8, 4) is 0 Å². The van der Waals surface area contributed by atoms with Crippen molar-refractivity contribution in [2.45, 2.75) is 246 Å². The smallest absolute Gasteiger partial charge is 0.245 e. The second-order valence-electron chi connectivity index (χ2n) is 25.2. The number of fused-ring (bicyclic) bond motifs is 2. The number of amides is 10. The van der Waals surface area contributed by atoms with Crippen molar-refractivity contribution in [3.05, 3.63) is 0 Å². The summed E-state index contributed by atoms with van der Waals surface area (Å²) in [6.07, 6.45) is 4.93. The highest BCUT2D eigenvalue weighted by atomic mass is 16.2. The van der Waals surface area contributed by atoms with Gasteiger partial charge >= 0.3 is 0 Å². The Balaban J connectivity index is 2.22. The fraction of sp³-hybridized carbons (Fsp3) is 0.828. The van der Waals surface area contributed by atoms with Crippen LogP contribution in [0.25, 0.3) is 0 Å². The van der Waals surface area contributed by atoms with Gasteiger partial charge in [-0.05, 0) is 151 Å². The van der Waals surface area contributed by atoms with Crippen LogP contribution in [0.4, 0.5) is 0 Å². The van der Waals surface area contributed by atoms with Gasteiger partial charge in [0.25, 0.3) is 0 Å². The molecule has 3 saturated heterocycles. The molecule has 0 aromatic heterocycles. The molecule has 0 aromatic carbocycles. The molecule has 0 aliphatic carbocycles. The van der Waals surface area contributed by atoms with E-state index in [1.807, 2.05) is 83.1 Å². The van der Waals surface area contributed by atoms with Gasteiger partial charge in [-0.25, -0.2) is 0 Å². The van der Waals surface area contributed by atoms with Crippen molar-refractivity contribution < 1.29 is 47.9 Å². The SMILES string of the molecule is CC(C)C[C@H]1NC(=O)[C@@H](CC(C)C)NC(=O)[C@@H]2CCCN2C(=O)[C@@H](CC(C)C)NC(=O)[C@@H](CCCCN)NC(=O)[C@@H](CC(C)C)NC(=O)[C@@H](CC(C)C)NC(=O)[C@@H]2CCCN2C(=O)[C@@H](CC(C)C)NC(=O)[C@@H](CCCCN)NC1=O. The molecule has 10 atom stereocenters. The van der Waals surface area contributed by atoms with Gasteiger partial charge < -0.3 is 63.8 Å². The van der Waals surface area contributed by atoms with Crippen LogP contribution in [0.5, 0.6) is 0 Å². The maximum Gasteiger partial charge on any atom is 0.245 e. The molecule has 3 aliphatic rings. The fourth-order valence-corrected chi connectivity index (χ4v) is 10.9. The Morgan fingerprint density at radius 2 is 0.562 bits per heavy atom. The van der Waals surface area contributed by atoms with Crippen molar-refractivity contribution in [1.29, 1.82) is 0 Å². The lowest BCUT2D eigenvalue weighted by Gasteiger charge is -2.33. The van der Waals surface area contributed by atoms with Gasteiger partial charge in [0.15, 0.2) is 0 Å². The highest BCUT2D eigenvalue weighted by Crippen LogP contribution is 2.24. The lowest BCUT2D eigenvalue weighted by molar-refractivity contribution is -0.143. The summed E-state index contributed by atoms with van der Waals surface area (Å²) in [5, 5.41) is 23.1. The lowest BCUT2D eigenvalue weighted by Crippen LogP contribution is -2.61. The molecule has 0 saturated carbocycles. The molecule has 80 heavy (non-hydrogen) atoms. The Bertz CT molecular complexity index is 1930. The monoisotopic (exact) mass is 1130 g/mol. The van der Waals surface area contributed by atoms with Crippen molar-refractivity contribution in [1.82, 2.24) is 52.3 Å². The highest BCUT2D eigenvalue weighted by Gasteiger charge is 2.43. The van der Waals surface area contributed by atoms with E-state index in [0.29, 0.717) is 51.6 Å². The van der Waals surface area contributed by atoms with Gasteiger partial charge in [-0.3, -0.25) is 47.9 Å². The lowest BCUT2D eigenvalue weighted by atomic mass is 9.98. The number of nitrogens with two attached hydrogens (primary N) is 2. The first-order chi connectivity index (χ1) is 37.7. The molecule has 3 rings (SSSR count). The zero-order valence-corrected chi connectivity index (χ0v) is 50.5. The number of hydrogen-bond donors (Lipinski definition) is 10. The zero-order valence-electron chi connectivity index (χ0n) is 50.5. The molecule has 456 valence electrons. The minimum Gasteiger partial charge on any atom is -0.343 e. The molecule has 0 bridgehead atoms. The number of rotatable bonds is 20. The van der Waals surface area contributed by atoms with Crippen LogP contribution in [0.1, 0.15) is 186 Å². The van der Waals surface area contributed by atoms with Crippen LogP contribution in [-0.4, -0.2) is 155 Å². The van der Waals surface area contributed by atoms with Crippen molar-refractivity contribution in [3.63, 3.8) is 0 Å². The van der Waals surface area contributed by atoms with E-state index in [9.17, 15) is 47.9 Å². The Kier molecular flexibility index (Phi) is 29.4. The quantitative estimate of drug-likeness (QED) is 0.0787. The van der Waals surface area contributed by atoms with Crippen LogP contribution in [0.3, 0.4) is 0 Å². The van der Waals surface area contributed by atoms with Crippen LogP contribution in [0.2, 0.25) is 0 Å². The third-order valence-electron chi connectivity index (χ3n) is 14.8. The summed E-state index contributed by atoms with van der Waals surface area (Å²) in [4.78, 5) is 148. The van der Waals surface area contributed by atoms with E-state index in [-0.39, 0.29) is 113 Å². The van der Waals surface area contributed by atoms with Gasteiger partial charge in [0.1, 0.15) is 60.4 Å². The van der Waals surface area contributed by atoms with Gasteiger partial charge in [0.05, 0.1) is 0 Å². The normalized spacial score (nSPS) is 27.2. The second kappa shape index (κ2) is 34.2. The van der Waals surface area contributed by atoms with Gasteiger partial charge in [-0.15, -0.1) is 0 Å². The molecule has 3 fully saturated rings. The number of carbonyl (C=O) groups excluding carboxylic acids is 10. The molecule has 0 spiro atoms. The summed E-state index contributed by atoms with van der Waals surface area (Å²) in [5.41, 5.74) is 11.7. The summed E-state index contributed by atoms with van der Waals surface area (Å²) < 4.78 is 0. The van der Waals surface area contributed by atoms with Crippen molar-refractivity contribution in [2.24, 2.45) is 47.0 Å². The fourth-order valence-electron chi connectivity index (χ4n) is 10.9. The van der Waals surface area contributed by atoms with Gasteiger partial charge in [0.2, 0.25) is 59.1 Å². The summed E-state index contributed by atoms with van der Waals surface area (Å²) >= 11 is 0. The third kappa shape index (κ3) is 22.5. The second-order valence-corrected chi connectivity index (χ2v) is 25.2. The first kappa shape index (κ1) is 68.9. The topological polar surface area (TPSA) is 325 Å². The molecule has 3 heterocycles. The van der Waals surface area contributed by atoms with E-state index in [1.165, 1.54) is 9.80 Å². The van der Waals surface area contributed by atoms with Crippen LogP contribution in [-0.2, 0) is 47.9 Å². The molecule has 0 aromatic rings. The predicted molar refractivity (Wildman–Crippen MR) is 307 cm³/mol. The molecule has 12 N–H and O–H groups in total. The summed E-state index contributed by atoms with van der Waals surface area (Å²) in [7, 11) is 0. The summed E-state index contributed by atoms with van der Waals surface area (Å²) in [6, 6.07) is -11.0. The Labute approximate surface area is 477 Å². The van der Waals surface area contributed by atoms with E-state index in [0.717, 1.165) is 0 Å². The molecular formula is C58H104N12O10. The van der Waals surface area contributed by atoms with Gasteiger partial charge in [-0.2, -0.15) is 0 Å². The van der Waals surface area contributed by atoms with E-state index in [1.54, 1.807) is 0 Å². The first-order valence-electron chi connectivity index (χ1n) is 30.1. The van der Waals surface area contributed by atoms with Gasteiger partial charge in [-0.1, -0.05) is 83.1 Å². The maximum atomic E-state index is 14.7. The minimum atomic E-state index is -1.15. The van der Waals surface area contributed by atoms with Crippen molar-refractivity contribution >= 4 is 59.1 Å². The summed E-state index contributed by atoms with van der Waals surface area (Å²) in [6.45, 7) is 23.8. The van der Waals surface area contributed by atoms with E-state index in [4.69, 9.17) is 11.5 Å². The van der Waals surface area contributed by atoms with E-state index in [2.05, 4.69) is 42.5 Å². The van der Waals surface area contributed by atoms with Crippen LogP contribution < -0.4 is 54.0 Å². The maximum absolute atomic E-state index is 14.7. The average Bonchev–Trinajstić information content (AvgIpc) is 4.07. The summed E-state index contributed by atoms with van der Waals surface area (Å²) in [5.74, 6) is -6.53. The first-order valence-corrected chi connectivity index (χ1v) is 30.1. The van der Waals surface area contributed by atoms with Crippen LogP contribution in [0, 0.1) is 35.5 Å². The van der Waals surface area contributed by atoms with Crippen molar-refractivity contribution in [2.75, 3.05) is 26.2 Å². The predicted octanol–water partition coefficient (Wildman–Crippen LogP) is 2.39. The Hall–Kier alpha value is -5.38. The molecular weight excluding hydrogens is 1020 g/mol. The number of carbonyl (C=O) groups is 10. The Morgan fingerprint density at radius 1 is 0.338 bits per heavy atom. The van der Waals surface area contributed by atoms with Crippen LogP contribution in [0.15, 0.2) is 0 Å². The average molecular weight is 1130 g/mol. The standard InChI is InChI=1S/C58H104N12O10/c1-33(2)27-41-51(73)61-39(19-13-15-23-59)49(71)67-45(31-37(9)10)57(79)70-26-18-22-48(70)56(78)66-44(30-36(7)8)54(76)64-42(28-34(3)4)52(74)62-40(20-14-16-24-60)50(72)68-46(32-38(11)12)58(80)69-25-17-21-47(69)55(77)65-43(29-35(5)6)53(75)63-41/h33-48H,13-32,59-60H2,1-12H3,(H,61,73)(H,62,74)(H,63,75)(H,64,76)(H,65,77)(H,66,78)(H,67,71)(H,68,72)/t39-,40-,41-,42-,43-,44-,45-,46-,47+,48+/m1/s1. The molecule has 0 radical (unpaired) electrons. The number of nitrogens with zero attached hydrogens (tertiary/aromatic N) is 2. The zero-order chi connectivity index (χ0) is 60.0. The largest absolute Gasteiger partial charge is 0.343 e. The highest BCUT2D eigenvalue weighted by molar-refractivity contribution is 5.99. The molecule has 0 unspecified atom stereocenters. The number of unbranched alkanes of at least 4 members (excludes halogenated alkanes) is 2. The molecule has 10 amide bonds.